The van der Waals surface area contributed by atoms with Crippen LogP contribution < -0.4 is 0 Å². The third-order valence-electron chi connectivity index (χ3n) is 8.69. The fourth-order valence-electron chi connectivity index (χ4n) is 5.34. The van der Waals surface area contributed by atoms with Crippen molar-refractivity contribution >= 4 is 19.8 Å². The van der Waals surface area contributed by atoms with E-state index in [-0.39, 0.29) is 26.1 Å². The van der Waals surface area contributed by atoms with Crippen LogP contribution in [0.2, 0.25) is 0 Å². The molecule has 2 atom stereocenters. The molecule has 10 heteroatoms. The Balaban J connectivity index is 4.44. The molecule has 326 valence electrons. The van der Waals surface area contributed by atoms with Crippen LogP contribution in [0, 0.1) is 0 Å². The summed E-state index contributed by atoms with van der Waals surface area (Å²) in [5, 5.41) is 0. The zero-order chi connectivity index (χ0) is 41.9. The topological polar surface area (TPSA) is 112 Å². The lowest BCUT2D eigenvalue weighted by Crippen LogP contribution is -2.29. The predicted molar refractivity (Wildman–Crippen MR) is 238 cm³/mol. The molecule has 0 aliphatic heterocycles. The third-order valence-corrected chi connectivity index (χ3v) is 9.67. The second-order valence-corrected chi connectivity index (χ2v) is 15.9. The van der Waals surface area contributed by atoms with E-state index in [1.54, 1.807) is 4.90 Å². The first-order valence-electron chi connectivity index (χ1n) is 21.9. The van der Waals surface area contributed by atoms with Crippen molar-refractivity contribution in [3.05, 3.63) is 85.1 Å². The van der Waals surface area contributed by atoms with Crippen LogP contribution in [0.3, 0.4) is 0 Å². The van der Waals surface area contributed by atoms with Crippen molar-refractivity contribution in [2.24, 2.45) is 0 Å². The van der Waals surface area contributed by atoms with Gasteiger partial charge in [-0.3, -0.25) is 18.6 Å². The lowest BCUT2D eigenvalue weighted by atomic mass is 10.1. The van der Waals surface area contributed by atoms with Gasteiger partial charge in [0.1, 0.15) is 6.61 Å². The zero-order valence-electron chi connectivity index (χ0n) is 36.2. The predicted octanol–water partition coefficient (Wildman–Crippen LogP) is 12.7. The summed E-state index contributed by atoms with van der Waals surface area (Å²) in [6.07, 6.45) is 50.7. The summed E-state index contributed by atoms with van der Waals surface area (Å²) in [4.78, 5) is 37.0. The third kappa shape index (κ3) is 42.6. The Morgan fingerprint density at radius 3 is 1.54 bits per heavy atom. The monoisotopic (exact) mass is 818 g/mol. The van der Waals surface area contributed by atoms with Crippen molar-refractivity contribution in [3.8, 4) is 0 Å². The van der Waals surface area contributed by atoms with Gasteiger partial charge in [0.05, 0.1) is 13.2 Å². The SMILES string of the molecule is CC/C=C\C/C=C\C/C=C\C/C=C\CCCCCCC(=O)OCC(COP(=O)(O)OCCN(C)C)OC(=O)CCC/C=C\C/C=C\C/C=C\CCCCCCCC. The van der Waals surface area contributed by atoms with Gasteiger partial charge in [0.15, 0.2) is 6.10 Å². The van der Waals surface area contributed by atoms with Gasteiger partial charge in [0.25, 0.3) is 0 Å². The summed E-state index contributed by atoms with van der Waals surface area (Å²) in [5.74, 6) is -0.900. The molecule has 0 spiro atoms. The minimum atomic E-state index is -4.39. The second kappa shape index (κ2) is 41.4. The number of rotatable bonds is 39. The maximum atomic E-state index is 12.6. The van der Waals surface area contributed by atoms with E-state index in [1.807, 2.05) is 20.2 Å². The van der Waals surface area contributed by atoms with Gasteiger partial charge < -0.3 is 19.3 Å². The Bertz CT molecular complexity index is 1220. The van der Waals surface area contributed by atoms with Crippen LogP contribution in [0.5, 0.6) is 0 Å². The number of phosphoric acid groups is 1. The fraction of sp³-hybridized carbons (Fsp3) is 0.660. The first-order chi connectivity index (χ1) is 27.7. The summed E-state index contributed by atoms with van der Waals surface area (Å²) >= 11 is 0. The van der Waals surface area contributed by atoms with Gasteiger partial charge in [-0.05, 0) is 97.6 Å². The number of ether oxygens (including phenoxy) is 2. The number of carbonyl (C=O) groups is 2. The van der Waals surface area contributed by atoms with Gasteiger partial charge in [-0.15, -0.1) is 0 Å². The Hall–Kier alpha value is -2.81. The van der Waals surface area contributed by atoms with Gasteiger partial charge in [-0.2, -0.15) is 0 Å². The van der Waals surface area contributed by atoms with Crippen molar-refractivity contribution in [1.82, 2.24) is 4.90 Å². The number of phosphoric ester groups is 1. The molecule has 0 radical (unpaired) electrons. The van der Waals surface area contributed by atoms with E-state index in [1.165, 1.54) is 38.5 Å². The first kappa shape index (κ1) is 54.2. The number of unbranched alkanes of at least 4 members (excludes halogenated alkanes) is 11. The summed E-state index contributed by atoms with van der Waals surface area (Å²) in [6.45, 7) is 4.09. The second-order valence-electron chi connectivity index (χ2n) is 14.5. The number of esters is 2. The van der Waals surface area contributed by atoms with Gasteiger partial charge in [0.2, 0.25) is 0 Å². The normalized spacial score (nSPS) is 14.2. The summed E-state index contributed by atoms with van der Waals surface area (Å²) < 4.78 is 33.4. The van der Waals surface area contributed by atoms with Crippen molar-refractivity contribution in [3.63, 3.8) is 0 Å². The highest BCUT2D eigenvalue weighted by Gasteiger charge is 2.26. The van der Waals surface area contributed by atoms with Crippen molar-refractivity contribution in [1.29, 1.82) is 0 Å². The molecule has 0 aliphatic carbocycles. The van der Waals surface area contributed by atoms with Crippen LogP contribution in [-0.4, -0.2) is 68.3 Å². The highest BCUT2D eigenvalue weighted by atomic mass is 31.2. The standard InChI is InChI=1S/C47H80NO8P/c1-5-7-9-11-13-15-17-19-21-23-25-27-29-31-33-35-37-39-46(49)53-43-45(44-55-57(51,52)54-42-41-48(3)4)56-47(50)40-38-36-34-32-30-28-26-24-22-20-18-16-14-12-10-8-6-2/h7,9,13,15,19-22,25-28,32,34,45H,5-6,8,10-12,14,16-18,23-24,29-31,33,35-44H2,1-4H3,(H,51,52)/b9-7-,15-13-,21-19-,22-20-,27-25-,28-26-,34-32-. The van der Waals surface area contributed by atoms with E-state index < -0.39 is 32.5 Å². The molecule has 0 saturated heterocycles. The van der Waals surface area contributed by atoms with E-state index in [9.17, 15) is 19.0 Å². The average molecular weight is 818 g/mol. The van der Waals surface area contributed by atoms with E-state index in [0.717, 1.165) is 70.6 Å². The molecule has 57 heavy (non-hydrogen) atoms. The van der Waals surface area contributed by atoms with Crippen LogP contribution in [0.25, 0.3) is 0 Å². The number of allylic oxidation sites excluding steroid dienone is 14. The van der Waals surface area contributed by atoms with Crippen LogP contribution >= 0.6 is 7.82 Å². The van der Waals surface area contributed by atoms with Gasteiger partial charge in [-0.1, -0.05) is 144 Å². The van der Waals surface area contributed by atoms with Crippen LogP contribution in [0.15, 0.2) is 85.1 Å². The van der Waals surface area contributed by atoms with Gasteiger partial charge in [0, 0.05) is 19.4 Å². The maximum Gasteiger partial charge on any atom is 0.472 e. The fourth-order valence-corrected chi connectivity index (χ4v) is 6.08. The number of hydrogen-bond donors (Lipinski definition) is 1. The highest BCUT2D eigenvalue weighted by molar-refractivity contribution is 7.47. The Labute approximate surface area is 348 Å². The van der Waals surface area contributed by atoms with Crippen molar-refractivity contribution in [2.75, 3.05) is 40.5 Å². The van der Waals surface area contributed by atoms with Crippen LogP contribution in [-0.2, 0) is 32.7 Å². The molecule has 0 saturated carbocycles. The minimum absolute atomic E-state index is 0.0106. The Morgan fingerprint density at radius 2 is 1.02 bits per heavy atom. The van der Waals surface area contributed by atoms with E-state index >= 15 is 0 Å². The van der Waals surface area contributed by atoms with E-state index in [2.05, 4.69) is 92.8 Å². The van der Waals surface area contributed by atoms with Gasteiger partial charge >= 0.3 is 19.8 Å². The number of hydrogen-bond acceptors (Lipinski definition) is 8. The molecule has 0 rings (SSSR count). The highest BCUT2D eigenvalue weighted by Crippen LogP contribution is 2.43. The first-order valence-corrected chi connectivity index (χ1v) is 23.4. The molecule has 0 aromatic carbocycles. The number of likely N-dealkylation sites (N-methyl/N-ethyl adjacent to an activating group) is 1. The Morgan fingerprint density at radius 1 is 0.561 bits per heavy atom. The van der Waals surface area contributed by atoms with Crippen LogP contribution in [0.4, 0.5) is 0 Å². The molecule has 0 aliphatic rings. The Kier molecular flexibility index (Phi) is 39.3. The zero-order valence-corrected chi connectivity index (χ0v) is 37.1. The van der Waals surface area contributed by atoms with Crippen LogP contribution in [0.1, 0.15) is 155 Å². The molecule has 0 aromatic heterocycles. The molecule has 0 amide bonds. The summed E-state index contributed by atoms with van der Waals surface area (Å²) in [5.41, 5.74) is 0. The molecule has 0 aromatic rings. The lowest BCUT2D eigenvalue weighted by Gasteiger charge is -2.20. The molecule has 0 heterocycles. The lowest BCUT2D eigenvalue weighted by molar-refractivity contribution is -0.161. The van der Waals surface area contributed by atoms with Gasteiger partial charge in [-0.25, -0.2) is 4.57 Å². The molecular weight excluding hydrogens is 737 g/mol. The molecule has 1 N–H and O–H groups in total. The van der Waals surface area contributed by atoms with E-state index in [4.69, 9.17) is 18.5 Å². The van der Waals surface area contributed by atoms with E-state index in [0.29, 0.717) is 25.8 Å². The smallest absolute Gasteiger partial charge is 0.462 e. The van der Waals surface area contributed by atoms with Crippen molar-refractivity contribution < 1.29 is 37.6 Å². The number of carbonyl (C=O) groups excluding carboxylic acids is 2. The molecule has 0 bridgehead atoms. The van der Waals surface area contributed by atoms with Crippen molar-refractivity contribution in [2.45, 2.75) is 161 Å². The number of nitrogens with zero attached hydrogens (tertiary/aromatic N) is 1. The largest absolute Gasteiger partial charge is 0.472 e. The average Bonchev–Trinajstić information content (AvgIpc) is 3.18. The summed E-state index contributed by atoms with van der Waals surface area (Å²) in [7, 11) is -0.760. The molecule has 2 unspecified atom stereocenters. The molecule has 9 nitrogen and oxygen atoms in total. The summed E-state index contributed by atoms with van der Waals surface area (Å²) in [6, 6.07) is 0. The minimum Gasteiger partial charge on any atom is -0.462 e. The maximum absolute atomic E-state index is 12.6. The quantitative estimate of drug-likeness (QED) is 0.0280. The molecular formula is C47H80NO8P. The molecule has 0 fully saturated rings.